The molecule has 25 heavy (non-hydrogen) atoms. The highest BCUT2D eigenvalue weighted by Crippen LogP contribution is 2.36. The van der Waals surface area contributed by atoms with Gasteiger partial charge in [-0.25, -0.2) is 5.43 Å². The van der Waals surface area contributed by atoms with Crippen LogP contribution in [0.5, 0.6) is 11.5 Å². The Hall–Kier alpha value is -1.99. The molecule has 0 fully saturated rings. The minimum atomic E-state index is -0.133. The predicted octanol–water partition coefficient (Wildman–Crippen LogP) is 3.87. The largest absolute Gasteiger partial charge is 0.454 e. The van der Waals surface area contributed by atoms with Crippen molar-refractivity contribution in [2.75, 3.05) is 12.5 Å². The number of fused-ring (bicyclic) bond motifs is 1. The number of amides is 1. The number of carbonyl (C=O) groups excluding carboxylic acids is 1. The Balaban J connectivity index is 1.47. The number of hydrazone groups is 1. The van der Waals surface area contributed by atoms with Gasteiger partial charge in [0.05, 0.1) is 12.0 Å². The number of hydrogen-bond acceptors (Lipinski definition) is 5. The van der Waals surface area contributed by atoms with Gasteiger partial charge >= 0.3 is 0 Å². The van der Waals surface area contributed by atoms with Gasteiger partial charge in [0.25, 0.3) is 0 Å². The molecule has 7 heteroatoms. The van der Waals surface area contributed by atoms with Gasteiger partial charge in [-0.3, -0.25) is 4.79 Å². The summed E-state index contributed by atoms with van der Waals surface area (Å²) in [5.41, 5.74) is 5.83. The maximum absolute atomic E-state index is 11.9. The number of nitrogens with zero attached hydrogens (tertiary/aromatic N) is 1. The molecule has 5 nitrogen and oxygen atoms in total. The number of rotatable bonds is 6. The maximum Gasteiger partial charge on any atom is 0.250 e. The molecule has 1 aliphatic rings. The van der Waals surface area contributed by atoms with Gasteiger partial charge in [0, 0.05) is 15.8 Å². The van der Waals surface area contributed by atoms with Crippen LogP contribution in [0.15, 0.2) is 46.0 Å². The molecule has 0 saturated heterocycles. The van der Waals surface area contributed by atoms with E-state index in [1.54, 1.807) is 18.0 Å². The van der Waals surface area contributed by atoms with Crippen LogP contribution in [0.2, 0.25) is 0 Å². The fourth-order valence-corrected chi connectivity index (χ4v) is 3.58. The molecule has 0 spiro atoms. The van der Waals surface area contributed by atoms with E-state index >= 15 is 0 Å². The van der Waals surface area contributed by atoms with Crippen molar-refractivity contribution < 1.29 is 14.3 Å². The first-order chi connectivity index (χ1) is 12.1. The molecule has 0 bridgehead atoms. The summed E-state index contributed by atoms with van der Waals surface area (Å²) in [5, 5.41) is 4.01. The predicted molar refractivity (Wildman–Crippen MR) is 103 cm³/mol. The van der Waals surface area contributed by atoms with Crippen molar-refractivity contribution in [2.24, 2.45) is 5.10 Å². The fraction of sp³-hybridized carbons (Fsp3) is 0.222. The SMILES string of the molecule is Cc1ccccc1CSCC(=O)N/N=C\c1cc2c(cc1Br)OCO2. The molecule has 0 aromatic heterocycles. The van der Waals surface area contributed by atoms with Crippen LogP contribution < -0.4 is 14.9 Å². The Morgan fingerprint density at radius 3 is 2.88 bits per heavy atom. The third-order valence-electron chi connectivity index (χ3n) is 3.64. The molecule has 0 radical (unpaired) electrons. The van der Waals surface area contributed by atoms with Gasteiger partial charge in [-0.2, -0.15) is 5.10 Å². The quantitative estimate of drug-likeness (QED) is 0.568. The van der Waals surface area contributed by atoms with Crippen molar-refractivity contribution in [1.29, 1.82) is 0 Å². The first-order valence-corrected chi connectivity index (χ1v) is 9.61. The molecule has 1 aliphatic heterocycles. The number of hydrogen-bond donors (Lipinski definition) is 1. The molecule has 1 amide bonds. The normalized spacial score (nSPS) is 12.6. The molecule has 0 atom stereocenters. The third-order valence-corrected chi connectivity index (χ3v) is 5.30. The van der Waals surface area contributed by atoms with Crippen molar-refractivity contribution in [3.8, 4) is 11.5 Å². The van der Waals surface area contributed by atoms with Crippen molar-refractivity contribution in [3.05, 3.63) is 57.6 Å². The van der Waals surface area contributed by atoms with E-state index in [-0.39, 0.29) is 12.7 Å². The molecule has 0 saturated carbocycles. The number of carbonyl (C=O) groups is 1. The van der Waals surface area contributed by atoms with Gasteiger partial charge in [0.15, 0.2) is 11.5 Å². The number of nitrogens with one attached hydrogen (secondary N) is 1. The van der Waals surface area contributed by atoms with Crippen LogP contribution in [0.25, 0.3) is 0 Å². The van der Waals surface area contributed by atoms with Gasteiger partial charge in [0.1, 0.15) is 0 Å². The Kier molecular flexibility index (Phi) is 5.99. The molecule has 3 rings (SSSR count). The summed E-state index contributed by atoms with van der Waals surface area (Å²) in [6.07, 6.45) is 1.58. The second-order valence-corrected chi connectivity index (χ2v) is 7.28. The minimum Gasteiger partial charge on any atom is -0.454 e. The van der Waals surface area contributed by atoms with Gasteiger partial charge in [0.2, 0.25) is 12.7 Å². The zero-order valence-electron chi connectivity index (χ0n) is 13.6. The van der Waals surface area contributed by atoms with E-state index in [1.807, 2.05) is 24.3 Å². The molecular formula is C18H17BrN2O3S. The van der Waals surface area contributed by atoms with Gasteiger partial charge in [-0.05, 0) is 46.1 Å². The van der Waals surface area contributed by atoms with Crippen molar-refractivity contribution in [3.63, 3.8) is 0 Å². The standard InChI is InChI=1S/C18H17BrN2O3S/c1-12-4-2-3-5-13(12)9-25-10-18(22)21-20-8-14-6-16-17(7-15(14)19)24-11-23-16/h2-8H,9-11H2,1H3,(H,21,22)/b20-8-. The maximum atomic E-state index is 11.9. The van der Waals surface area contributed by atoms with Crippen LogP contribution in [0, 0.1) is 6.92 Å². The van der Waals surface area contributed by atoms with E-state index in [2.05, 4.69) is 45.5 Å². The van der Waals surface area contributed by atoms with E-state index < -0.39 is 0 Å². The van der Waals surface area contributed by atoms with Crippen molar-refractivity contribution in [1.82, 2.24) is 5.43 Å². The van der Waals surface area contributed by atoms with Gasteiger partial charge < -0.3 is 9.47 Å². The van der Waals surface area contributed by atoms with Crippen LogP contribution in [-0.2, 0) is 10.5 Å². The molecule has 0 aliphatic carbocycles. The highest BCUT2D eigenvalue weighted by atomic mass is 79.9. The number of halogens is 1. The van der Waals surface area contributed by atoms with E-state index in [4.69, 9.17) is 9.47 Å². The first kappa shape index (κ1) is 17.8. The van der Waals surface area contributed by atoms with Crippen molar-refractivity contribution >= 4 is 39.8 Å². The lowest BCUT2D eigenvalue weighted by atomic mass is 10.1. The lowest BCUT2D eigenvalue weighted by molar-refractivity contribution is -0.118. The smallest absolute Gasteiger partial charge is 0.250 e. The summed E-state index contributed by atoms with van der Waals surface area (Å²) >= 11 is 5.01. The monoisotopic (exact) mass is 420 g/mol. The van der Waals surface area contributed by atoms with Crippen LogP contribution in [-0.4, -0.2) is 24.7 Å². The van der Waals surface area contributed by atoms with Crippen molar-refractivity contribution in [2.45, 2.75) is 12.7 Å². The number of aryl methyl sites for hydroxylation is 1. The lowest BCUT2D eigenvalue weighted by Gasteiger charge is -2.05. The average Bonchev–Trinajstić information content (AvgIpc) is 3.04. The highest BCUT2D eigenvalue weighted by molar-refractivity contribution is 9.10. The molecule has 1 N–H and O–H groups in total. The Bertz CT molecular complexity index is 811. The van der Waals surface area contributed by atoms with Gasteiger partial charge in [-0.1, -0.05) is 24.3 Å². The Morgan fingerprint density at radius 1 is 1.32 bits per heavy atom. The first-order valence-electron chi connectivity index (χ1n) is 7.67. The molecule has 0 unspecified atom stereocenters. The summed E-state index contributed by atoms with van der Waals surface area (Å²) in [5.74, 6) is 2.39. The molecule has 1 heterocycles. The highest BCUT2D eigenvalue weighted by Gasteiger charge is 2.15. The Labute approximate surface area is 158 Å². The van der Waals surface area contributed by atoms with Crippen LogP contribution in [0.1, 0.15) is 16.7 Å². The lowest BCUT2D eigenvalue weighted by Crippen LogP contribution is -2.19. The minimum absolute atomic E-state index is 0.133. The molecule has 2 aromatic rings. The Morgan fingerprint density at radius 2 is 2.08 bits per heavy atom. The van der Waals surface area contributed by atoms with E-state index in [0.717, 1.165) is 15.8 Å². The summed E-state index contributed by atoms with van der Waals surface area (Å²) in [6, 6.07) is 11.8. The van der Waals surface area contributed by atoms with Gasteiger partial charge in [-0.15, -0.1) is 11.8 Å². The van der Waals surface area contributed by atoms with E-state index in [9.17, 15) is 4.79 Å². The molecule has 2 aromatic carbocycles. The molecular weight excluding hydrogens is 404 g/mol. The average molecular weight is 421 g/mol. The topological polar surface area (TPSA) is 59.9 Å². The summed E-state index contributed by atoms with van der Waals surface area (Å²) in [4.78, 5) is 11.9. The fourth-order valence-electron chi connectivity index (χ4n) is 2.26. The second-order valence-electron chi connectivity index (χ2n) is 5.44. The second kappa shape index (κ2) is 8.40. The number of thioether (sulfide) groups is 1. The summed E-state index contributed by atoms with van der Waals surface area (Å²) in [7, 11) is 0. The molecule has 130 valence electrons. The summed E-state index contributed by atoms with van der Waals surface area (Å²) < 4.78 is 11.5. The van der Waals surface area contributed by atoms with Crippen LogP contribution in [0.4, 0.5) is 0 Å². The van der Waals surface area contributed by atoms with E-state index in [0.29, 0.717) is 17.3 Å². The van der Waals surface area contributed by atoms with Crippen LogP contribution >= 0.6 is 27.7 Å². The third kappa shape index (κ3) is 4.76. The van der Waals surface area contributed by atoms with E-state index in [1.165, 1.54) is 11.1 Å². The van der Waals surface area contributed by atoms with Crippen LogP contribution in [0.3, 0.4) is 0 Å². The zero-order chi connectivity index (χ0) is 17.6. The zero-order valence-corrected chi connectivity index (χ0v) is 16.0. The number of benzene rings is 2. The number of ether oxygens (including phenoxy) is 2. The summed E-state index contributed by atoms with van der Waals surface area (Å²) in [6.45, 7) is 2.29.